The van der Waals surface area contributed by atoms with Crippen LogP contribution in [0.25, 0.3) is 0 Å². The molecule has 0 aromatic carbocycles. The summed E-state index contributed by atoms with van der Waals surface area (Å²) in [4.78, 5) is 0. The maximum absolute atomic E-state index is 11.6. The van der Waals surface area contributed by atoms with Crippen molar-refractivity contribution in [1.29, 1.82) is 0 Å². The molecule has 2 atom stereocenters. The third kappa shape index (κ3) is 4.88. The molecule has 1 heterocycles. The van der Waals surface area contributed by atoms with E-state index in [2.05, 4.69) is 24.3 Å². The van der Waals surface area contributed by atoms with E-state index in [1.54, 1.807) is 14.1 Å². The molecule has 0 aliphatic rings. The summed E-state index contributed by atoms with van der Waals surface area (Å²) in [6, 6.07) is 0.463. The van der Waals surface area contributed by atoms with Crippen LogP contribution in [0.15, 0.2) is 12.4 Å². The average molecular weight is 302 g/mol. The molecule has 20 heavy (non-hydrogen) atoms. The zero-order valence-corrected chi connectivity index (χ0v) is 13.8. The van der Waals surface area contributed by atoms with Crippen molar-refractivity contribution in [1.82, 2.24) is 19.4 Å². The molecule has 0 radical (unpaired) electrons. The van der Waals surface area contributed by atoms with E-state index in [4.69, 9.17) is 0 Å². The van der Waals surface area contributed by atoms with Crippen molar-refractivity contribution >= 4 is 10.0 Å². The molecule has 0 bridgehead atoms. The molecule has 1 N–H and O–H groups in total. The van der Waals surface area contributed by atoms with Crippen molar-refractivity contribution in [2.45, 2.75) is 39.3 Å². The van der Waals surface area contributed by atoms with E-state index in [0.29, 0.717) is 13.0 Å². The van der Waals surface area contributed by atoms with E-state index in [9.17, 15) is 8.42 Å². The summed E-state index contributed by atoms with van der Waals surface area (Å²) in [5, 5.41) is 7.66. The minimum atomic E-state index is -3.09. The molecule has 1 rings (SSSR count). The fourth-order valence-electron chi connectivity index (χ4n) is 1.82. The van der Waals surface area contributed by atoms with E-state index in [1.807, 2.05) is 24.0 Å². The minimum absolute atomic E-state index is 0.176. The Hall–Kier alpha value is -0.920. The van der Waals surface area contributed by atoms with Gasteiger partial charge in [0.15, 0.2) is 0 Å². The van der Waals surface area contributed by atoms with Gasteiger partial charge in [0.1, 0.15) is 0 Å². The second-order valence-electron chi connectivity index (χ2n) is 5.43. The van der Waals surface area contributed by atoms with Gasteiger partial charge in [0, 0.05) is 26.3 Å². The number of hydrogen-bond donors (Lipinski definition) is 1. The zero-order valence-electron chi connectivity index (χ0n) is 13.0. The summed E-state index contributed by atoms with van der Waals surface area (Å²) in [5.74, 6) is 0.176. The Bertz CT molecular complexity index is 510. The molecule has 116 valence electrons. The number of aromatic nitrogens is 2. The lowest BCUT2D eigenvalue weighted by Crippen LogP contribution is -2.35. The smallest absolute Gasteiger partial charge is 0.213 e. The van der Waals surface area contributed by atoms with Crippen LogP contribution < -0.4 is 5.32 Å². The fraction of sp³-hybridized carbons (Fsp3) is 0.769. The van der Waals surface area contributed by atoms with Gasteiger partial charge < -0.3 is 5.32 Å². The molecular formula is C13H26N4O2S. The minimum Gasteiger partial charge on any atom is -0.312 e. The molecule has 1 aromatic heterocycles. The topological polar surface area (TPSA) is 67.2 Å². The van der Waals surface area contributed by atoms with Crippen molar-refractivity contribution in [3.8, 4) is 0 Å². The lowest BCUT2D eigenvalue weighted by Gasteiger charge is -2.22. The lowest BCUT2D eigenvalue weighted by molar-refractivity contribution is 0.366. The van der Waals surface area contributed by atoms with E-state index in [1.165, 1.54) is 4.31 Å². The first-order valence-corrected chi connectivity index (χ1v) is 8.49. The van der Waals surface area contributed by atoms with Gasteiger partial charge in [-0.3, -0.25) is 4.68 Å². The van der Waals surface area contributed by atoms with Crippen LogP contribution in [0.5, 0.6) is 0 Å². The summed E-state index contributed by atoms with van der Waals surface area (Å²) in [5.41, 5.74) is 1.14. The molecule has 0 aliphatic heterocycles. The number of hydrogen-bond acceptors (Lipinski definition) is 4. The molecule has 0 aliphatic carbocycles. The molecular weight excluding hydrogens is 276 g/mol. The number of sulfonamides is 1. The predicted octanol–water partition coefficient (Wildman–Crippen LogP) is 1.01. The van der Waals surface area contributed by atoms with Gasteiger partial charge in [-0.25, -0.2) is 12.7 Å². The molecule has 0 spiro atoms. The first-order valence-electron chi connectivity index (χ1n) is 6.88. The summed E-state index contributed by atoms with van der Waals surface area (Å²) in [6.07, 6.45) is 4.46. The second kappa shape index (κ2) is 7.19. The Balaban J connectivity index is 2.35. The molecule has 7 heteroatoms. The van der Waals surface area contributed by atoms with Crippen LogP contribution >= 0.6 is 0 Å². The van der Waals surface area contributed by atoms with Crippen LogP contribution in [-0.2, 0) is 10.0 Å². The van der Waals surface area contributed by atoms with Crippen LogP contribution in [0.1, 0.15) is 31.9 Å². The van der Waals surface area contributed by atoms with Crippen LogP contribution in [0.2, 0.25) is 0 Å². The van der Waals surface area contributed by atoms with Gasteiger partial charge in [0.05, 0.1) is 18.0 Å². The Morgan fingerprint density at radius 1 is 1.40 bits per heavy atom. The SMILES string of the molecule is Cc1cnn(C(C)C(C)NCCCS(=O)(=O)N(C)C)c1. The Labute approximate surface area is 122 Å². The summed E-state index contributed by atoms with van der Waals surface area (Å²) >= 11 is 0. The molecule has 0 saturated carbocycles. The molecule has 1 aromatic rings. The van der Waals surface area contributed by atoms with E-state index >= 15 is 0 Å². The zero-order chi connectivity index (χ0) is 15.3. The molecule has 0 fully saturated rings. The second-order valence-corrected chi connectivity index (χ2v) is 7.74. The Morgan fingerprint density at radius 2 is 2.05 bits per heavy atom. The van der Waals surface area contributed by atoms with E-state index < -0.39 is 10.0 Å². The van der Waals surface area contributed by atoms with Gasteiger partial charge in [0.2, 0.25) is 10.0 Å². The predicted molar refractivity (Wildman–Crippen MR) is 81.2 cm³/mol. The van der Waals surface area contributed by atoms with Crippen LogP contribution in [-0.4, -0.2) is 54.9 Å². The molecule has 2 unspecified atom stereocenters. The maximum Gasteiger partial charge on any atom is 0.213 e. The quantitative estimate of drug-likeness (QED) is 0.728. The number of aryl methyl sites for hydroxylation is 1. The normalized spacial score (nSPS) is 15.5. The molecule has 6 nitrogen and oxygen atoms in total. The van der Waals surface area contributed by atoms with E-state index in [0.717, 1.165) is 5.56 Å². The van der Waals surface area contributed by atoms with Crippen molar-refractivity contribution in [2.24, 2.45) is 0 Å². The van der Waals surface area contributed by atoms with Crippen LogP contribution in [0, 0.1) is 6.92 Å². The van der Waals surface area contributed by atoms with Crippen molar-refractivity contribution in [2.75, 3.05) is 26.4 Å². The maximum atomic E-state index is 11.6. The average Bonchev–Trinajstić information content (AvgIpc) is 2.80. The first-order chi connectivity index (χ1) is 9.24. The Morgan fingerprint density at radius 3 is 2.55 bits per heavy atom. The van der Waals surface area contributed by atoms with Gasteiger partial charge >= 0.3 is 0 Å². The van der Waals surface area contributed by atoms with Crippen molar-refractivity contribution in [3.63, 3.8) is 0 Å². The first kappa shape index (κ1) is 17.1. The highest BCUT2D eigenvalue weighted by atomic mass is 32.2. The van der Waals surface area contributed by atoms with Gasteiger partial charge in [-0.2, -0.15) is 5.10 Å². The van der Waals surface area contributed by atoms with Crippen molar-refractivity contribution < 1.29 is 8.42 Å². The van der Waals surface area contributed by atoms with Gasteiger partial charge in [-0.15, -0.1) is 0 Å². The lowest BCUT2D eigenvalue weighted by atomic mass is 10.1. The number of rotatable bonds is 8. The van der Waals surface area contributed by atoms with E-state index in [-0.39, 0.29) is 17.8 Å². The van der Waals surface area contributed by atoms with Gasteiger partial charge in [-0.05, 0) is 39.3 Å². The van der Waals surface area contributed by atoms with Gasteiger partial charge in [-0.1, -0.05) is 0 Å². The summed E-state index contributed by atoms with van der Waals surface area (Å²) in [6.45, 7) is 6.88. The summed E-state index contributed by atoms with van der Waals surface area (Å²) in [7, 11) is 0.0366. The molecule has 0 saturated heterocycles. The third-order valence-corrected chi connectivity index (χ3v) is 5.39. The highest BCUT2D eigenvalue weighted by molar-refractivity contribution is 7.89. The fourth-order valence-corrected chi connectivity index (χ4v) is 2.70. The number of nitrogens with one attached hydrogen (secondary N) is 1. The standard InChI is InChI=1S/C13H26N4O2S/c1-11-9-15-17(10-11)13(3)12(2)14-7-6-8-20(18,19)16(4)5/h9-10,12-14H,6-8H2,1-5H3. The monoisotopic (exact) mass is 302 g/mol. The Kier molecular flexibility index (Phi) is 6.16. The van der Waals surface area contributed by atoms with Gasteiger partial charge in [0.25, 0.3) is 0 Å². The largest absolute Gasteiger partial charge is 0.312 e. The van der Waals surface area contributed by atoms with Crippen LogP contribution in [0.3, 0.4) is 0 Å². The summed E-state index contributed by atoms with van der Waals surface area (Å²) < 4.78 is 26.4. The molecule has 0 amide bonds. The highest BCUT2D eigenvalue weighted by Gasteiger charge is 2.16. The number of nitrogens with zero attached hydrogens (tertiary/aromatic N) is 3. The highest BCUT2D eigenvalue weighted by Crippen LogP contribution is 2.10. The van der Waals surface area contributed by atoms with Crippen LogP contribution in [0.4, 0.5) is 0 Å². The van der Waals surface area contributed by atoms with Crippen molar-refractivity contribution in [3.05, 3.63) is 18.0 Å². The third-order valence-electron chi connectivity index (χ3n) is 3.47.